The minimum absolute atomic E-state index is 0.121. The van der Waals surface area contributed by atoms with E-state index < -0.39 is 0 Å². The molecule has 5 heteroatoms. The summed E-state index contributed by atoms with van der Waals surface area (Å²) >= 11 is 7.77. The molecule has 3 nitrogen and oxygen atoms in total. The summed E-state index contributed by atoms with van der Waals surface area (Å²) in [6.45, 7) is 1.97. The van der Waals surface area contributed by atoms with Crippen molar-refractivity contribution in [1.82, 2.24) is 9.97 Å². The van der Waals surface area contributed by atoms with E-state index in [1.54, 1.807) is 24.2 Å². The Labute approximate surface area is 110 Å². The third kappa shape index (κ3) is 3.49. The molecule has 1 aromatic heterocycles. The maximum Gasteiger partial charge on any atom is 0.170 e. The zero-order valence-electron chi connectivity index (χ0n) is 9.48. The van der Waals surface area contributed by atoms with Crippen molar-refractivity contribution in [2.45, 2.75) is 29.4 Å². The lowest BCUT2D eigenvalue weighted by molar-refractivity contribution is 0.738. The van der Waals surface area contributed by atoms with Crippen LogP contribution >= 0.6 is 23.4 Å². The predicted molar refractivity (Wildman–Crippen MR) is 71.5 cm³/mol. The summed E-state index contributed by atoms with van der Waals surface area (Å²) in [4.78, 5) is 8.26. The Morgan fingerprint density at radius 2 is 2.35 bits per heavy atom. The van der Waals surface area contributed by atoms with Crippen molar-refractivity contribution in [3.63, 3.8) is 0 Å². The van der Waals surface area contributed by atoms with Crippen LogP contribution in [0.25, 0.3) is 0 Å². The number of nitrogens with one attached hydrogen (secondary N) is 1. The summed E-state index contributed by atoms with van der Waals surface area (Å²) in [6, 6.07) is 6.14. The van der Waals surface area contributed by atoms with Gasteiger partial charge < -0.3 is 10.7 Å². The van der Waals surface area contributed by atoms with E-state index in [4.69, 9.17) is 17.3 Å². The highest BCUT2D eigenvalue weighted by atomic mass is 35.5. The predicted octanol–water partition coefficient (Wildman–Crippen LogP) is 3.10. The van der Waals surface area contributed by atoms with Gasteiger partial charge >= 0.3 is 0 Å². The van der Waals surface area contributed by atoms with Crippen LogP contribution in [0.1, 0.15) is 12.5 Å². The number of hydrogen-bond acceptors (Lipinski definition) is 3. The Hall–Kier alpha value is -0.970. The topological polar surface area (TPSA) is 54.7 Å². The SMILES string of the molecule is CC(N)Cc1ccc(Sc2ncc[nH]2)cc1Cl. The van der Waals surface area contributed by atoms with Crippen LogP contribution < -0.4 is 5.73 Å². The van der Waals surface area contributed by atoms with E-state index in [0.717, 1.165) is 27.1 Å². The molecule has 0 amide bonds. The highest BCUT2D eigenvalue weighted by molar-refractivity contribution is 7.99. The first-order valence-electron chi connectivity index (χ1n) is 5.36. The van der Waals surface area contributed by atoms with Gasteiger partial charge in [0.1, 0.15) is 0 Å². The zero-order chi connectivity index (χ0) is 12.3. The first-order chi connectivity index (χ1) is 8.15. The number of H-pyrrole nitrogens is 1. The van der Waals surface area contributed by atoms with Gasteiger partial charge in [-0.3, -0.25) is 0 Å². The molecule has 90 valence electrons. The molecular formula is C12H14ClN3S. The number of aromatic amines is 1. The van der Waals surface area contributed by atoms with Crippen molar-refractivity contribution < 1.29 is 0 Å². The molecule has 1 atom stereocenters. The summed E-state index contributed by atoms with van der Waals surface area (Å²) < 4.78 is 0. The molecule has 1 unspecified atom stereocenters. The number of hydrogen-bond donors (Lipinski definition) is 2. The average Bonchev–Trinajstić information content (AvgIpc) is 2.74. The quantitative estimate of drug-likeness (QED) is 0.895. The van der Waals surface area contributed by atoms with Crippen LogP contribution in [0.5, 0.6) is 0 Å². The number of aromatic nitrogens is 2. The molecule has 1 aromatic carbocycles. The molecule has 0 bridgehead atoms. The van der Waals surface area contributed by atoms with Gasteiger partial charge in [0, 0.05) is 28.4 Å². The minimum Gasteiger partial charge on any atom is -0.339 e. The molecular weight excluding hydrogens is 254 g/mol. The number of nitrogens with zero attached hydrogens (tertiary/aromatic N) is 1. The van der Waals surface area contributed by atoms with Gasteiger partial charge in [-0.25, -0.2) is 4.98 Å². The molecule has 0 aliphatic heterocycles. The average molecular weight is 268 g/mol. The number of imidazole rings is 1. The number of nitrogens with two attached hydrogens (primary N) is 1. The second kappa shape index (κ2) is 5.58. The Morgan fingerprint density at radius 3 is 2.94 bits per heavy atom. The van der Waals surface area contributed by atoms with Gasteiger partial charge in [-0.15, -0.1) is 0 Å². The van der Waals surface area contributed by atoms with Gasteiger partial charge in [-0.1, -0.05) is 29.4 Å². The fraction of sp³-hybridized carbons (Fsp3) is 0.250. The third-order valence-corrected chi connectivity index (χ3v) is 3.51. The monoisotopic (exact) mass is 267 g/mol. The fourth-order valence-electron chi connectivity index (χ4n) is 1.52. The van der Waals surface area contributed by atoms with Gasteiger partial charge in [0.25, 0.3) is 0 Å². The van der Waals surface area contributed by atoms with Gasteiger partial charge in [-0.2, -0.15) is 0 Å². The number of benzene rings is 1. The van der Waals surface area contributed by atoms with Crippen molar-refractivity contribution in [2.24, 2.45) is 5.73 Å². The highest BCUT2D eigenvalue weighted by Crippen LogP contribution is 2.29. The van der Waals surface area contributed by atoms with Crippen LogP contribution in [-0.4, -0.2) is 16.0 Å². The smallest absolute Gasteiger partial charge is 0.170 e. The molecule has 0 radical (unpaired) electrons. The second-order valence-corrected chi connectivity index (χ2v) is 5.40. The Bertz CT molecular complexity index is 483. The van der Waals surface area contributed by atoms with Crippen LogP contribution in [0.4, 0.5) is 0 Å². The Morgan fingerprint density at radius 1 is 1.53 bits per heavy atom. The summed E-state index contributed by atoms with van der Waals surface area (Å²) in [6.07, 6.45) is 4.33. The minimum atomic E-state index is 0.121. The maximum absolute atomic E-state index is 6.21. The van der Waals surface area contributed by atoms with Crippen LogP contribution in [0.3, 0.4) is 0 Å². The van der Waals surface area contributed by atoms with Gasteiger partial charge in [0.05, 0.1) is 0 Å². The third-order valence-electron chi connectivity index (χ3n) is 2.25. The van der Waals surface area contributed by atoms with E-state index in [2.05, 4.69) is 9.97 Å². The largest absolute Gasteiger partial charge is 0.339 e. The zero-order valence-corrected chi connectivity index (χ0v) is 11.1. The number of rotatable bonds is 4. The van der Waals surface area contributed by atoms with E-state index >= 15 is 0 Å². The van der Waals surface area contributed by atoms with Crippen molar-refractivity contribution >= 4 is 23.4 Å². The van der Waals surface area contributed by atoms with Gasteiger partial charge in [-0.05, 0) is 31.0 Å². The van der Waals surface area contributed by atoms with Crippen LogP contribution in [0.15, 0.2) is 40.6 Å². The van der Waals surface area contributed by atoms with Crippen molar-refractivity contribution in [3.8, 4) is 0 Å². The van der Waals surface area contributed by atoms with Crippen molar-refractivity contribution in [2.75, 3.05) is 0 Å². The van der Waals surface area contributed by atoms with E-state index in [1.165, 1.54) is 0 Å². The van der Waals surface area contributed by atoms with E-state index in [9.17, 15) is 0 Å². The summed E-state index contributed by atoms with van der Waals surface area (Å²) in [5.41, 5.74) is 6.85. The first-order valence-corrected chi connectivity index (χ1v) is 6.56. The molecule has 1 heterocycles. The molecule has 0 fully saturated rings. The summed E-state index contributed by atoms with van der Waals surface area (Å²) in [5, 5.41) is 1.62. The Kier molecular flexibility index (Phi) is 4.10. The van der Waals surface area contributed by atoms with Crippen molar-refractivity contribution in [1.29, 1.82) is 0 Å². The van der Waals surface area contributed by atoms with Crippen LogP contribution in [0, 0.1) is 0 Å². The molecule has 17 heavy (non-hydrogen) atoms. The van der Waals surface area contributed by atoms with Gasteiger partial charge in [0.2, 0.25) is 0 Å². The molecule has 0 aliphatic rings. The standard InChI is InChI=1S/C12H14ClN3S/c1-8(14)6-9-2-3-10(7-11(9)13)17-12-15-4-5-16-12/h2-5,7-8H,6,14H2,1H3,(H,15,16). The summed E-state index contributed by atoms with van der Waals surface area (Å²) in [5.74, 6) is 0. The molecule has 0 spiro atoms. The molecule has 0 aliphatic carbocycles. The summed E-state index contributed by atoms with van der Waals surface area (Å²) in [7, 11) is 0. The lowest BCUT2D eigenvalue weighted by Gasteiger charge is -2.08. The maximum atomic E-state index is 6.21. The second-order valence-electron chi connectivity index (χ2n) is 3.93. The fourth-order valence-corrected chi connectivity index (χ4v) is 2.62. The van der Waals surface area contributed by atoms with E-state index in [1.807, 2.05) is 25.1 Å². The van der Waals surface area contributed by atoms with Gasteiger partial charge in [0.15, 0.2) is 5.16 Å². The van der Waals surface area contributed by atoms with Crippen molar-refractivity contribution in [3.05, 3.63) is 41.2 Å². The first kappa shape index (κ1) is 12.5. The van der Waals surface area contributed by atoms with Crippen LogP contribution in [-0.2, 0) is 6.42 Å². The highest BCUT2D eigenvalue weighted by Gasteiger charge is 2.06. The molecule has 0 saturated heterocycles. The molecule has 2 aromatic rings. The Balaban J connectivity index is 2.13. The lowest BCUT2D eigenvalue weighted by Crippen LogP contribution is -2.17. The molecule has 0 saturated carbocycles. The van der Waals surface area contributed by atoms with E-state index in [0.29, 0.717) is 0 Å². The lowest BCUT2D eigenvalue weighted by atomic mass is 10.1. The van der Waals surface area contributed by atoms with Crippen LogP contribution in [0.2, 0.25) is 5.02 Å². The molecule has 2 rings (SSSR count). The van der Waals surface area contributed by atoms with E-state index in [-0.39, 0.29) is 6.04 Å². The molecule has 3 N–H and O–H groups in total. The normalized spacial score (nSPS) is 12.6. The number of halogens is 1.